The first-order valence-electron chi connectivity index (χ1n) is 7.90. The van der Waals surface area contributed by atoms with E-state index in [4.69, 9.17) is 24.5 Å². The minimum absolute atomic E-state index is 0.184. The second-order valence-corrected chi connectivity index (χ2v) is 8.85. The summed E-state index contributed by atoms with van der Waals surface area (Å²) in [6, 6.07) is 8.26. The minimum Gasteiger partial charge on any atom is -0.305 e. The van der Waals surface area contributed by atoms with E-state index in [2.05, 4.69) is 0 Å². The van der Waals surface area contributed by atoms with Gasteiger partial charge in [-0.15, -0.1) is 0 Å². The fourth-order valence-corrected chi connectivity index (χ4v) is 3.31. The van der Waals surface area contributed by atoms with Crippen molar-refractivity contribution in [3.05, 3.63) is 59.9 Å². The number of rotatable bonds is 6. The number of amides is 1. The lowest BCUT2D eigenvalue weighted by Crippen LogP contribution is -2.14. The molecule has 0 aliphatic heterocycles. The highest BCUT2D eigenvalue weighted by Crippen LogP contribution is 2.25. The van der Waals surface area contributed by atoms with Crippen LogP contribution < -0.4 is 5.48 Å². The van der Waals surface area contributed by atoms with Crippen molar-refractivity contribution in [3.63, 3.8) is 0 Å². The van der Waals surface area contributed by atoms with Crippen LogP contribution in [0.25, 0.3) is 6.08 Å². The first kappa shape index (κ1) is 24.7. The summed E-state index contributed by atoms with van der Waals surface area (Å²) >= 11 is 0. The van der Waals surface area contributed by atoms with Crippen LogP contribution in [0, 0.1) is 0 Å². The number of carbonyl (C=O) groups excluding carboxylic acids is 1. The van der Waals surface area contributed by atoms with Gasteiger partial charge in [0.25, 0.3) is 15.9 Å². The van der Waals surface area contributed by atoms with Crippen LogP contribution in [-0.4, -0.2) is 57.2 Å². The van der Waals surface area contributed by atoms with Crippen LogP contribution in [-0.2, 0) is 25.9 Å². The smallest absolute Gasteiger partial charge is 0.305 e. The van der Waals surface area contributed by atoms with Crippen LogP contribution in [0.15, 0.2) is 53.7 Å². The quantitative estimate of drug-likeness (QED) is 0.182. The summed E-state index contributed by atoms with van der Waals surface area (Å²) in [5, 5.41) is 8.42. The molecule has 0 radical (unpaired) electrons. The maximum atomic E-state index is 12.6. The van der Waals surface area contributed by atoms with E-state index in [0.717, 1.165) is 22.2 Å². The van der Waals surface area contributed by atoms with Gasteiger partial charge >= 0.3 is 7.82 Å². The highest BCUT2D eigenvalue weighted by atomic mass is 32.2. The lowest BCUT2D eigenvalue weighted by molar-refractivity contribution is -0.124. The Morgan fingerprint density at radius 3 is 2.21 bits per heavy atom. The topological polar surface area (TPSA) is 169 Å². The summed E-state index contributed by atoms with van der Waals surface area (Å²) < 4.78 is 35.1. The fourth-order valence-electron chi connectivity index (χ4n) is 2.10. The molecule has 0 aliphatic carbocycles. The number of phosphoric acid groups is 1. The molecule has 0 unspecified atom stereocenters. The third-order valence-electron chi connectivity index (χ3n) is 3.23. The van der Waals surface area contributed by atoms with Crippen LogP contribution in [0.2, 0.25) is 0 Å². The molecule has 0 spiro atoms. The third-order valence-corrected chi connectivity index (χ3v) is 4.88. The van der Waals surface area contributed by atoms with Gasteiger partial charge in [0.1, 0.15) is 0 Å². The molecular weight excluding hydrogens is 425 g/mol. The zero-order chi connectivity index (χ0) is 22.2. The van der Waals surface area contributed by atoms with Crippen LogP contribution in [0.1, 0.15) is 11.1 Å². The molecule has 160 valence electrons. The predicted molar refractivity (Wildman–Crippen MR) is 104 cm³/mol. The number of hydroxylamine groups is 1. The molecule has 0 saturated carbocycles. The van der Waals surface area contributed by atoms with Gasteiger partial charge in [-0.3, -0.25) is 10.0 Å². The van der Waals surface area contributed by atoms with Gasteiger partial charge in [-0.1, -0.05) is 12.1 Å². The zero-order valence-electron chi connectivity index (χ0n) is 15.6. The molecule has 0 aliphatic rings. The molecule has 0 bridgehead atoms. The average molecular weight is 447 g/mol. The summed E-state index contributed by atoms with van der Waals surface area (Å²) in [4.78, 5) is 34.7. The van der Waals surface area contributed by atoms with Crippen LogP contribution in [0.3, 0.4) is 0 Å². The number of nitrogens with zero attached hydrogens (tertiary/aromatic N) is 2. The van der Waals surface area contributed by atoms with Crippen molar-refractivity contribution in [2.75, 3.05) is 14.1 Å². The summed E-state index contributed by atoms with van der Waals surface area (Å²) in [6.45, 7) is 0.728. The maximum Gasteiger partial charge on any atom is 0.466 e. The Morgan fingerprint density at radius 2 is 1.72 bits per heavy atom. The van der Waals surface area contributed by atoms with Crippen molar-refractivity contribution in [1.29, 1.82) is 0 Å². The monoisotopic (exact) mass is 447 g/mol. The van der Waals surface area contributed by atoms with Crippen molar-refractivity contribution >= 4 is 29.8 Å². The summed E-state index contributed by atoms with van der Waals surface area (Å²) in [5.74, 6) is -0.693. The molecule has 1 aromatic heterocycles. The third kappa shape index (κ3) is 9.15. The Labute approximate surface area is 167 Å². The molecule has 0 atom stereocenters. The minimum atomic E-state index is -4.64. The molecule has 29 heavy (non-hydrogen) atoms. The van der Waals surface area contributed by atoms with E-state index in [-0.39, 0.29) is 4.90 Å². The van der Waals surface area contributed by atoms with Crippen molar-refractivity contribution in [3.8, 4) is 0 Å². The van der Waals surface area contributed by atoms with Crippen molar-refractivity contribution in [1.82, 2.24) is 14.4 Å². The van der Waals surface area contributed by atoms with E-state index >= 15 is 0 Å². The molecule has 5 N–H and O–H groups in total. The Morgan fingerprint density at radius 1 is 1.17 bits per heavy atom. The van der Waals surface area contributed by atoms with Crippen molar-refractivity contribution < 1.29 is 37.7 Å². The lowest BCUT2D eigenvalue weighted by Gasteiger charge is -2.10. The summed E-state index contributed by atoms with van der Waals surface area (Å²) in [5.41, 5.74) is 3.00. The first-order valence-corrected chi connectivity index (χ1v) is 10.9. The number of benzene rings is 1. The maximum absolute atomic E-state index is 12.6. The molecule has 1 heterocycles. The van der Waals surface area contributed by atoms with Gasteiger partial charge in [0.05, 0.1) is 4.90 Å². The molecule has 0 saturated heterocycles. The Kier molecular flexibility index (Phi) is 8.92. The number of hydrogen-bond acceptors (Lipinski definition) is 6. The van der Waals surface area contributed by atoms with Gasteiger partial charge in [-0.25, -0.2) is 22.4 Å². The first-order chi connectivity index (χ1) is 13.3. The van der Waals surface area contributed by atoms with Crippen molar-refractivity contribution in [2.24, 2.45) is 0 Å². The normalized spacial score (nSPS) is 12.0. The Balaban J connectivity index is 0.000000749. The number of aromatic nitrogens is 1. The van der Waals surface area contributed by atoms with Crippen LogP contribution in [0.4, 0.5) is 0 Å². The van der Waals surface area contributed by atoms with E-state index in [1.54, 1.807) is 30.3 Å². The largest absolute Gasteiger partial charge is 0.466 e. The van der Waals surface area contributed by atoms with E-state index in [1.165, 1.54) is 23.9 Å². The second-order valence-electron chi connectivity index (χ2n) is 5.98. The molecular formula is C16H22N3O8PS. The van der Waals surface area contributed by atoms with Gasteiger partial charge in [-0.05, 0) is 49.5 Å². The molecule has 2 rings (SSSR count). The zero-order valence-corrected chi connectivity index (χ0v) is 17.3. The molecule has 1 aromatic carbocycles. The molecule has 2 aromatic rings. The van der Waals surface area contributed by atoms with Gasteiger partial charge in [0.2, 0.25) is 0 Å². The Hall–Kier alpha value is -2.31. The SMILES string of the molecule is CN(C)Cc1ccc(S(=O)(=O)n2ccc(/C=C/C(=O)NO)c2)cc1.O=P(O)(O)O. The predicted octanol–water partition coefficient (Wildman–Crippen LogP) is 0.377. The Bertz CT molecular complexity index is 985. The number of hydrogen-bond donors (Lipinski definition) is 5. The van der Waals surface area contributed by atoms with Crippen LogP contribution >= 0.6 is 7.82 Å². The molecule has 1 amide bonds. The second kappa shape index (κ2) is 10.5. The fraction of sp³-hybridized carbons (Fsp3) is 0.188. The average Bonchev–Trinajstić information content (AvgIpc) is 3.08. The van der Waals surface area contributed by atoms with E-state index in [0.29, 0.717) is 5.56 Å². The van der Waals surface area contributed by atoms with Gasteiger partial charge < -0.3 is 19.6 Å². The lowest BCUT2D eigenvalue weighted by atomic mass is 10.2. The van der Waals surface area contributed by atoms with Gasteiger partial charge in [-0.2, -0.15) is 0 Å². The van der Waals surface area contributed by atoms with Gasteiger partial charge in [0, 0.05) is 25.0 Å². The molecule has 0 fully saturated rings. The number of carbonyl (C=O) groups is 1. The molecule has 11 nitrogen and oxygen atoms in total. The highest BCUT2D eigenvalue weighted by molar-refractivity contribution is 7.90. The number of nitrogens with one attached hydrogen (secondary N) is 1. The summed E-state index contributed by atoms with van der Waals surface area (Å²) in [7, 11) is -4.45. The van der Waals surface area contributed by atoms with Gasteiger partial charge in [0.15, 0.2) is 0 Å². The van der Waals surface area contributed by atoms with E-state index in [1.807, 2.05) is 19.0 Å². The van der Waals surface area contributed by atoms with E-state index in [9.17, 15) is 13.2 Å². The standard InChI is InChI=1S/C16H19N3O4S.H3O4P/c1-18(2)11-13-3-6-15(7-4-13)24(22,23)19-10-9-14(12-19)5-8-16(20)17-21;1-5(2,3)4/h3-10,12,21H,11H2,1-2H3,(H,17,20);(H3,1,2,3,4)/b8-5+;. The highest BCUT2D eigenvalue weighted by Gasteiger charge is 2.16. The molecule has 13 heteroatoms. The van der Waals surface area contributed by atoms with Crippen LogP contribution in [0.5, 0.6) is 0 Å². The van der Waals surface area contributed by atoms with Crippen molar-refractivity contribution in [2.45, 2.75) is 11.4 Å². The summed E-state index contributed by atoms with van der Waals surface area (Å²) in [6.07, 6.45) is 5.30. The van der Waals surface area contributed by atoms with E-state index < -0.39 is 23.8 Å².